The number of fused-ring (bicyclic) bond motifs is 7. The second-order valence-corrected chi connectivity index (χ2v) is 7.45. The summed E-state index contributed by atoms with van der Waals surface area (Å²) in [5, 5.41) is 0. The predicted octanol–water partition coefficient (Wildman–Crippen LogP) is 4.19. The third-order valence-electron chi connectivity index (χ3n) is 5.45. The third kappa shape index (κ3) is 1.23. The molecule has 18 heavy (non-hydrogen) atoms. The highest BCUT2D eigenvalue weighted by Gasteiger charge is 2.56. The first-order valence-corrected chi connectivity index (χ1v) is 7.45. The Balaban J connectivity index is 1.89. The molecule has 1 aliphatic heterocycles. The Bertz CT molecular complexity index is 485. The molecule has 4 rings (SSSR count). The van der Waals surface area contributed by atoms with Gasteiger partial charge in [0.1, 0.15) is 0 Å². The molecule has 0 radical (unpaired) electrons. The van der Waals surface area contributed by atoms with E-state index < -0.39 is 0 Å². The second-order valence-electron chi connectivity index (χ2n) is 7.45. The molecular formula is C17H23N. The van der Waals surface area contributed by atoms with Gasteiger partial charge >= 0.3 is 0 Å². The van der Waals surface area contributed by atoms with Gasteiger partial charge < -0.3 is 4.90 Å². The zero-order chi connectivity index (χ0) is 12.5. The van der Waals surface area contributed by atoms with Gasteiger partial charge in [-0.05, 0) is 63.5 Å². The van der Waals surface area contributed by atoms with Crippen LogP contribution in [0.2, 0.25) is 0 Å². The molecule has 0 spiro atoms. The summed E-state index contributed by atoms with van der Waals surface area (Å²) >= 11 is 0. The van der Waals surface area contributed by atoms with E-state index in [0.717, 1.165) is 23.8 Å². The summed E-state index contributed by atoms with van der Waals surface area (Å²) in [6.07, 6.45) is 4.42. The molecule has 4 atom stereocenters. The average Bonchev–Trinajstić information content (AvgIpc) is 2.97. The molecule has 0 saturated heterocycles. The van der Waals surface area contributed by atoms with Crippen molar-refractivity contribution in [2.75, 3.05) is 4.90 Å². The Kier molecular flexibility index (Phi) is 2.01. The summed E-state index contributed by atoms with van der Waals surface area (Å²) in [6.45, 7) is 7.12. The summed E-state index contributed by atoms with van der Waals surface area (Å²) in [5.74, 6) is 2.75. The largest absolute Gasteiger partial charge is 0.363 e. The molecule has 2 aliphatic carbocycles. The standard InChI is InChI=1S/C17H23N/c1-17(2,3)18-14-7-5-4-6-13(14)15-11-8-9-12(10-11)16(15)18/h4-7,11-12,15-16H,8-10H2,1-3H3/t11-,12+,15-,16-/m1/s1. The number of hydrogen-bond acceptors (Lipinski definition) is 1. The van der Waals surface area contributed by atoms with Crippen molar-refractivity contribution in [1.82, 2.24) is 0 Å². The van der Waals surface area contributed by atoms with Crippen LogP contribution in [0.4, 0.5) is 5.69 Å². The van der Waals surface area contributed by atoms with Gasteiger partial charge in [0.2, 0.25) is 0 Å². The maximum atomic E-state index is 2.75. The van der Waals surface area contributed by atoms with Gasteiger partial charge in [-0.2, -0.15) is 0 Å². The highest BCUT2D eigenvalue weighted by molar-refractivity contribution is 5.65. The molecule has 1 aromatic rings. The number of nitrogens with zero attached hydrogens (tertiary/aromatic N) is 1. The Hall–Kier alpha value is -0.980. The van der Waals surface area contributed by atoms with Gasteiger partial charge in [0, 0.05) is 23.2 Å². The normalized spacial score (nSPS) is 36.9. The molecule has 2 bridgehead atoms. The van der Waals surface area contributed by atoms with Crippen molar-refractivity contribution >= 4 is 5.69 Å². The van der Waals surface area contributed by atoms with Gasteiger partial charge in [-0.1, -0.05) is 18.2 Å². The van der Waals surface area contributed by atoms with Crippen molar-refractivity contribution in [3.63, 3.8) is 0 Å². The van der Waals surface area contributed by atoms with Crippen LogP contribution in [0.25, 0.3) is 0 Å². The van der Waals surface area contributed by atoms with Crippen LogP contribution in [0.15, 0.2) is 24.3 Å². The van der Waals surface area contributed by atoms with E-state index in [0.29, 0.717) is 0 Å². The molecule has 1 heterocycles. The Morgan fingerprint density at radius 3 is 2.56 bits per heavy atom. The monoisotopic (exact) mass is 241 g/mol. The van der Waals surface area contributed by atoms with E-state index >= 15 is 0 Å². The minimum absolute atomic E-state index is 0.250. The quantitative estimate of drug-likeness (QED) is 0.658. The van der Waals surface area contributed by atoms with E-state index in [1.54, 1.807) is 5.56 Å². The molecule has 0 amide bonds. The summed E-state index contributed by atoms with van der Waals surface area (Å²) in [4.78, 5) is 2.75. The molecule has 2 fully saturated rings. The lowest BCUT2D eigenvalue weighted by molar-refractivity contribution is 0.325. The fourth-order valence-corrected chi connectivity index (χ4v) is 5.03. The van der Waals surface area contributed by atoms with Crippen LogP contribution >= 0.6 is 0 Å². The maximum absolute atomic E-state index is 2.75. The smallest absolute Gasteiger partial charge is 0.0409 e. The van der Waals surface area contributed by atoms with Gasteiger partial charge in [0.25, 0.3) is 0 Å². The lowest BCUT2D eigenvalue weighted by Gasteiger charge is -2.43. The first-order chi connectivity index (χ1) is 8.57. The van der Waals surface area contributed by atoms with E-state index in [4.69, 9.17) is 0 Å². The molecule has 1 nitrogen and oxygen atoms in total. The molecule has 0 aromatic heterocycles. The van der Waals surface area contributed by atoms with Crippen LogP contribution < -0.4 is 4.90 Å². The summed E-state index contributed by atoms with van der Waals surface area (Å²) in [7, 11) is 0. The van der Waals surface area contributed by atoms with Crippen molar-refractivity contribution in [1.29, 1.82) is 0 Å². The number of anilines is 1. The molecule has 1 heteroatoms. The maximum Gasteiger partial charge on any atom is 0.0409 e. The lowest BCUT2D eigenvalue weighted by atomic mass is 9.82. The van der Waals surface area contributed by atoms with Gasteiger partial charge in [-0.3, -0.25) is 0 Å². The Morgan fingerprint density at radius 2 is 1.78 bits per heavy atom. The van der Waals surface area contributed by atoms with E-state index in [9.17, 15) is 0 Å². The van der Waals surface area contributed by atoms with Crippen molar-refractivity contribution in [2.45, 2.75) is 57.5 Å². The van der Waals surface area contributed by atoms with Crippen molar-refractivity contribution in [3.8, 4) is 0 Å². The number of rotatable bonds is 0. The van der Waals surface area contributed by atoms with Crippen molar-refractivity contribution < 1.29 is 0 Å². The van der Waals surface area contributed by atoms with Crippen LogP contribution in [0.1, 0.15) is 51.5 Å². The minimum Gasteiger partial charge on any atom is -0.363 e. The zero-order valence-electron chi connectivity index (χ0n) is 11.7. The summed E-state index contributed by atoms with van der Waals surface area (Å²) in [6, 6.07) is 9.97. The van der Waals surface area contributed by atoms with Crippen molar-refractivity contribution in [3.05, 3.63) is 29.8 Å². The topological polar surface area (TPSA) is 3.24 Å². The second kappa shape index (κ2) is 3.31. The SMILES string of the molecule is CC(C)(C)N1c2ccccc2[C@H]2[C@@H]3CC[C@@H](C3)[C@H]21. The number of benzene rings is 1. The lowest BCUT2D eigenvalue weighted by Crippen LogP contribution is -2.49. The highest BCUT2D eigenvalue weighted by atomic mass is 15.3. The van der Waals surface area contributed by atoms with E-state index in [2.05, 4.69) is 49.9 Å². The Morgan fingerprint density at radius 1 is 1.06 bits per heavy atom. The fraction of sp³-hybridized carbons (Fsp3) is 0.647. The van der Waals surface area contributed by atoms with Gasteiger partial charge in [-0.25, -0.2) is 0 Å². The molecular weight excluding hydrogens is 218 g/mol. The van der Waals surface area contributed by atoms with E-state index in [1.807, 2.05) is 0 Å². The molecule has 3 aliphatic rings. The predicted molar refractivity (Wildman–Crippen MR) is 76.0 cm³/mol. The molecule has 0 unspecified atom stereocenters. The van der Waals surface area contributed by atoms with Crippen LogP contribution in [0.5, 0.6) is 0 Å². The minimum atomic E-state index is 0.250. The van der Waals surface area contributed by atoms with Crippen LogP contribution in [0.3, 0.4) is 0 Å². The van der Waals surface area contributed by atoms with Gasteiger partial charge in [0.15, 0.2) is 0 Å². The molecule has 96 valence electrons. The average molecular weight is 241 g/mol. The number of para-hydroxylation sites is 1. The molecule has 0 N–H and O–H groups in total. The van der Waals surface area contributed by atoms with Crippen LogP contribution in [0, 0.1) is 11.8 Å². The highest BCUT2D eigenvalue weighted by Crippen LogP contribution is 2.61. The first-order valence-electron chi connectivity index (χ1n) is 7.45. The summed E-state index contributed by atoms with van der Waals surface area (Å²) in [5.41, 5.74) is 3.42. The fourth-order valence-electron chi connectivity index (χ4n) is 5.03. The number of hydrogen-bond donors (Lipinski definition) is 0. The van der Waals surface area contributed by atoms with E-state index in [1.165, 1.54) is 24.9 Å². The molecule has 1 aromatic carbocycles. The zero-order valence-corrected chi connectivity index (χ0v) is 11.7. The van der Waals surface area contributed by atoms with E-state index in [-0.39, 0.29) is 5.54 Å². The third-order valence-corrected chi connectivity index (χ3v) is 5.45. The Labute approximate surface area is 110 Å². The first kappa shape index (κ1) is 10.9. The summed E-state index contributed by atoms with van der Waals surface area (Å²) < 4.78 is 0. The van der Waals surface area contributed by atoms with Crippen LogP contribution in [-0.4, -0.2) is 11.6 Å². The van der Waals surface area contributed by atoms with Crippen LogP contribution in [-0.2, 0) is 0 Å². The van der Waals surface area contributed by atoms with Gasteiger partial charge in [0.05, 0.1) is 0 Å². The van der Waals surface area contributed by atoms with Gasteiger partial charge in [-0.15, -0.1) is 0 Å². The molecule has 2 saturated carbocycles. The van der Waals surface area contributed by atoms with Crippen molar-refractivity contribution in [2.24, 2.45) is 11.8 Å².